The second kappa shape index (κ2) is 8.77. The number of benzene rings is 2. The Balaban J connectivity index is 1.67. The minimum Gasteiger partial charge on any atom is -0.493 e. The van der Waals surface area contributed by atoms with Crippen LogP contribution in [0.1, 0.15) is 12.0 Å². The van der Waals surface area contributed by atoms with Crippen LogP contribution in [0.3, 0.4) is 0 Å². The summed E-state index contributed by atoms with van der Waals surface area (Å²) in [6.07, 6.45) is -0.0215. The van der Waals surface area contributed by atoms with Crippen LogP contribution in [-0.4, -0.2) is 25.1 Å². The van der Waals surface area contributed by atoms with Crippen molar-refractivity contribution in [1.29, 1.82) is 0 Å². The zero-order chi connectivity index (χ0) is 18.2. The van der Waals surface area contributed by atoms with E-state index in [2.05, 4.69) is 5.32 Å². The molecule has 0 unspecified atom stereocenters. The molecule has 0 bridgehead atoms. The van der Waals surface area contributed by atoms with Gasteiger partial charge in [0.2, 0.25) is 0 Å². The number of anilines is 1. The topological polar surface area (TPSA) is 64.6 Å². The Bertz CT molecular complexity index is 747. The highest BCUT2D eigenvalue weighted by Crippen LogP contribution is 2.13. The Morgan fingerprint density at radius 1 is 1.04 bits per heavy atom. The zero-order valence-corrected chi connectivity index (χ0v) is 13.6. The number of amides is 1. The number of carbonyl (C=O) groups excluding carboxylic acids is 2. The minimum atomic E-state index is -1.08. The maximum absolute atomic E-state index is 13.0. The van der Waals surface area contributed by atoms with Crippen molar-refractivity contribution >= 4 is 17.6 Å². The molecule has 1 amide bonds. The molecule has 2 rings (SSSR count). The molecule has 0 aliphatic heterocycles. The van der Waals surface area contributed by atoms with E-state index in [4.69, 9.17) is 9.47 Å². The van der Waals surface area contributed by atoms with Gasteiger partial charge >= 0.3 is 5.97 Å². The second-order valence-electron chi connectivity index (χ2n) is 5.25. The molecular formula is C18H17F2NO4. The van der Waals surface area contributed by atoms with Gasteiger partial charge in [0.1, 0.15) is 5.75 Å². The quantitative estimate of drug-likeness (QED) is 0.780. The van der Waals surface area contributed by atoms with Crippen molar-refractivity contribution in [1.82, 2.24) is 0 Å². The Hall–Kier alpha value is -2.96. The number of hydrogen-bond donors (Lipinski definition) is 1. The van der Waals surface area contributed by atoms with E-state index in [0.717, 1.165) is 17.7 Å². The number of halogens is 2. The van der Waals surface area contributed by atoms with Gasteiger partial charge in [-0.05, 0) is 31.2 Å². The smallest absolute Gasteiger partial charge is 0.309 e. The molecule has 0 atom stereocenters. The first-order valence-electron chi connectivity index (χ1n) is 7.54. The molecule has 5 nitrogen and oxygen atoms in total. The molecule has 7 heteroatoms. The summed E-state index contributed by atoms with van der Waals surface area (Å²) in [5, 5.41) is 2.30. The van der Waals surface area contributed by atoms with E-state index < -0.39 is 30.1 Å². The van der Waals surface area contributed by atoms with Gasteiger partial charge < -0.3 is 14.8 Å². The lowest BCUT2D eigenvalue weighted by Crippen LogP contribution is -2.21. The van der Waals surface area contributed by atoms with Crippen LogP contribution < -0.4 is 10.1 Å². The predicted molar refractivity (Wildman–Crippen MR) is 87.2 cm³/mol. The Kier molecular flexibility index (Phi) is 6.45. The molecule has 0 heterocycles. The van der Waals surface area contributed by atoms with E-state index in [9.17, 15) is 18.4 Å². The number of rotatable bonds is 7. The van der Waals surface area contributed by atoms with Crippen LogP contribution in [0.25, 0.3) is 0 Å². The second-order valence-corrected chi connectivity index (χ2v) is 5.25. The number of nitrogens with one attached hydrogen (secondary N) is 1. The summed E-state index contributed by atoms with van der Waals surface area (Å²) < 4.78 is 36.0. The molecule has 0 spiro atoms. The van der Waals surface area contributed by atoms with E-state index in [1.807, 2.05) is 19.1 Å². The molecule has 0 saturated heterocycles. The van der Waals surface area contributed by atoms with Crippen LogP contribution in [-0.2, 0) is 14.3 Å². The molecular weight excluding hydrogens is 332 g/mol. The summed E-state index contributed by atoms with van der Waals surface area (Å²) in [4.78, 5) is 23.2. The highest BCUT2D eigenvalue weighted by molar-refractivity contribution is 5.92. The largest absolute Gasteiger partial charge is 0.493 e. The molecule has 1 N–H and O–H groups in total. The fourth-order valence-electron chi connectivity index (χ4n) is 1.88. The minimum absolute atomic E-state index is 0.0215. The lowest BCUT2D eigenvalue weighted by molar-refractivity contribution is -0.147. The molecule has 0 aliphatic rings. The molecule has 0 aromatic heterocycles. The SMILES string of the molecule is Cc1ccc(OCCC(=O)OCC(=O)Nc2ccc(F)c(F)c2)cc1. The van der Waals surface area contributed by atoms with E-state index in [1.54, 1.807) is 12.1 Å². The fourth-order valence-corrected chi connectivity index (χ4v) is 1.88. The first-order valence-corrected chi connectivity index (χ1v) is 7.54. The lowest BCUT2D eigenvalue weighted by Gasteiger charge is -2.08. The normalized spacial score (nSPS) is 10.2. The van der Waals surface area contributed by atoms with Crippen LogP contribution in [0.2, 0.25) is 0 Å². The lowest BCUT2D eigenvalue weighted by atomic mass is 10.2. The van der Waals surface area contributed by atoms with Gasteiger partial charge in [0, 0.05) is 11.8 Å². The van der Waals surface area contributed by atoms with Crippen LogP contribution in [0, 0.1) is 18.6 Å². The van der Waals surface area contributed by atoms with Gasteiger partial charge in [-0.15, -0.1) is 0 Å². The number of ether oxygens (including phenoxy) is 2. The van der Waals surface area contributed by atoms with Gasteiger partial charge in [0.05, 0.1) is 13.0 Å². The van der Waals surface area contributed by atoms with E-state index in [1.165, 1.54) is 6.07 Å². The molecule has 0 aliphatic carbocycles. The maximum Gasteiger partial charge on any atom is 0.309 e. The monoisotopic (exact) mass is 349 g/mol. The third-order valence-corrected chi connectivity index (χ3v) is 3.16. The van der Waals surface area contributed by atoms with Crippen molar-refractivity contribution in [2.75, 3.05) is 18.5 Å². The van der Waals surface area contributed by atoms with Gasteiger partial charge in [0.15, 0.2) is 18.2 Å². The highest BCUT2D eigenvalue weighted by atomic mass is 19.2. The van der Waals surface area contributed by atoms with Crippen molar-refractivity contribution in [2.45, 2.75) is 13.3 Å². The van der Waals surface area contributed by atoms with Gasteiger partial charge in [-0.2, -0.15) is 0 Å². The van der Waals surface area contributed by atoms with Crippen molar-refractivity contribution in [2.24, 2.45) is 0 Å². The van der Waals surface area contributed by atoms with Crippen molar-refractivity contribution in [3.63, 3.8) is 0 Å². The summed E-state index contributed by atoms with van der Waals surface area (Å²) in [5.74, 6) is -2.72. The number of carbonyl (C=O) groups is 2. The fraction of sp³-hybridized carbons (Fsp3) is 0.222. The zero-order valence-electron chi connectivity index (χ0n) is 13.6. The summed E-state index contributed by atoms with van der Waals surface area (Å²) in [7, 11) is 0. The van der Waals surface area contributed by atoms with Gasteiger partial charge in [-0.3, -0.25) is 9.59 Å². The van der Waals surface area contributed by atoms with E-state index in [0.29, 0.717) is 5.75 Å². The third-order valence-electron chi connectivity index (χ3n) is 3.16. The molecule has 25 heavy (non-hydrogen) atoms. The Labute approximate surface area is 143 Å². The van der Waals surface area contributed by atoms with Crippen molar-refractivity contribution < 1.29 is 27.8 Å². The molecule has 0 saturated carbocycles. The maximum atomic E-state index is 13.0. The average molecular weight is 349 g/mol. The molecule has 0 radical (unpaired) electrons. The standard InChI is InChI=1S/C18H17F2NO4/c1-12-2-5-14(6-3-12)24-9-8-18(23)25-11-17(22)21-13-4-7-15(19)16(20)10-13/h2-7,10H,8-9,11H2,1H3,(H,21,22). The number of aryl methyl sites for hydroxylation is 1. The van der Waals surface area contributed by atoms with E-state index in [-0.39, 0.29) is 18.7 Å². The van der Waals surface area contributed by atoms with E-state index >= 15 is 0 Å². The Morgan fingerprint density at radius 3 is 2.44 bits per heavy atom. The van der Waals surface area contributed by atoms with Crippen molar-refractivity contribution in [3.8, 4) is 5.75 Å². The van der Waals surface area contributed by atoms with Crippen LogP contribution in [0.15, 0.2) is 42.5 Å². The van der Waals surface area contributed by atoms with Crippen LogP contribution in [0.4, 0.5) is 14.5 Å². The molecule has 132 valence electrons. The Morgan fingerprint density at radius 2 is 1.76 bits per heavy atom. The van der Waals surface area contributed by atoms with Crippen LogP contribution >= 0.6 is 0 Å². The van der Waals surface area contributed by atoms with Gasteiger partial charge in [-0.25, -0.2) is 8.78 Å². The summed E-state index contributed by atoms with van der Waals surface area (Å²) in [5.41, 5.74) is 1.17. The number of hydrogen-bond acceptors (Lipinski definition) is 4. The first kappa shape index (κ1) is 18.4. The molecule has 0 fully saturated rings. The summed E-state index contributed by atoms with van der Waals surface area (Å²) in [6.45, 7) is 1.54. The summed E-state index contributed by atoms with van der Waals surface area (Å²) >= 11 is 0. The average Bonchev–Trinajstić information content (AvgIpc) is 2.58. The molecule has 2 aromatic carbocycles. The van der Waals surface area contributed by atoms with Gasteiger partial charge in [-0.1, -0.05) is 17.7 Å². The van der Waals surface area contributed by atoms with Crippen molar-refractivity contribution in [3.05, 3.63) is 59.7 Å². The third kappa shape index (κ3) is 6.21. The highest BCUT2D eigenvalue weighted by Gasteiger charge is 2.10. The first-order chi connectivity index (χ1) is 11.9. The summed E-state index contributed by atoms with van der Waals surface area (Å²) in [6, 6.07) is 10.3. The molecule has 2 aromatic rings. The van der Waals surface area contributed by atoms with Crippen LogP contribution in [0.5, 0.6) is 5.75 Å². The number of esters is 1. The predicted octanol–water partition coefficient (Wildman–Crippen LogP) is 3.22. The van der Waals surface area contributed by atoms with Gasteiger partial charge in [0.25, 0.3) is 5.91 Å².